The maximum atomic E-state index is 12.0. The Morgan fingerprint density at radius 2 is 1.83 bits per heavy atom. The van der Waals surface area contributed by atoms with Gasteiger partial charge in [-0.3, -0.25) is 0 Å². The van der Waals surface area contributed by atoms with E-state index in [1.165, 1.54) is 12.1 Å². The molecule has 1 rings (SSSR count). The summed E-state index contributed by atoms with van der Waals surface area (Å²) < 4.78 is 39.6. The smallest absolute Gasteiger partial charge is 0.406 e. The number of hydrogen-bond acceptors (Lipinski definition) is 2. The number of hydrogen-bond donors (Lipinski definition) is 1. The highest BCUT2D eigenvalue weighted by atomic mass is 19.4. The molecule has 0 aliphatic heterocycles. The zero-order valence-corrected chi connectivity index (χ0v) is 10.00. The van der Waals surface area contributed by atoms with Crippen LogP contribution in [0.2, 0.25) is 0 Å². The van der Waals surface area contributed by atoms with E-state index in [0.29, 0.717) is 6.42 Å². The predicted octanol–water partition coefficient (Wildman–Crippen LogP) is 3.31. The number of halogens is 3. The van der Waals surface area contributed by atoms with E-state index in [-0.39, 0.29) is 12.4 Å². The molecule has 1 N–H and O–H groups in total. The van der Waals surface area contributed by atoms with Gasteiger partial charge in [0, 0.05) is 5.41 Å². The van der Waals surface area contributed by atoms with E-state index in [4.69, 9.17) is 0 Å². The molecule has 0 saturated heterocycles. The Kier molecular flexibility index (Phi) is 4.40. The van der Waals surface area contributed by atoms with Gasteiger partial charge in [-0.05, 0) is 24.1 Å². The van der Waals surface area contributed by atoms with E-state index in [1.54, 1.807) is 18.2 Å². The Morgan fingerprint density at radius 3 is 2.22 bits per heavy atom. The topological polar surface area (TPSA) is 29.5 Å². The van der Waals surface area contributed by atoms with Crippen molar-refractivity contribution in [1.29, 1.82) is 0 Å². The van der Waals surface area contributed by atoms with Crippen molar-refractivity contribution in [2.45, 2.75) is 19.7 Å². The summed E-state index contributed by atoms with van der Waals surface area (Å²) in [5.74, 6) is -0.254. The normalized spacial score (nSPS) is 14.9. The number of aliphatic hydroxyl groups is 1. The standard InChI is InChI=1S/C13H15F3O2/c1-3-12(2,9-17)8-10-4-6-11(7-5-10)18-13(14,15)16/h3-7,17H,1,8-9H2,2H3. The number of rotatable bonds is 5. The fraction of sp³-hybridized carbons (Fsp3) is 0.385. The molecule has 0 saturated carbocycles. The summed E-state index contributed by atoms with van der Waals surface area (Å²) in [5.41, 5.74) is 0.327. The molecule has 1 atom stereocenters. The first-order valence-electron chi connectivity index (χ1n) is 5.37. The number of benzene rings is 1. The molecule has 0 amide bonds. The second kappa shape index (κ2) is 5.44. The molecule has 0 radical (unpaired) electrons. The van der Waals surface area contributed by atoms with Crippen LogP contribution in [0.1, 0.15) is 12.5 Å². The molecule has 0 bridgehead atoms. The minimum atomic E-state index is -4.68. The molecule has 0 spiro atoms. The molecule has 1 aromatic rings. The van der Waals surface area contributed by atoms with Crippen LogP contribution in [0.4, 0.5) is 13.2 Å². The molecule has 0 fully saturated rings. The van der Waals surface area contributed by atoms with Crippen LogP contribution in [-0.2, 0) is 6.42 Å². The van der Waals surface area contributed by atoms with E-state index in [2.05, 4.69) is 11.3 Å². The molecule has 1 aromatic carbocycles. The zero-order chi connectivity index (χ0) is 13.8. The lowest BCUT2D eigenvalue weighted by Gasteiger charge is -2.22. The van der Waals surface area contributed by atoms with Gasteiger partial charge in [-0.1, -0.05) is 25.1 Å². The quantitative estimate of drug-likeness (QED) is 0.823. The van der Waals surface area contributed by atoms with E-state index in [9.17, 15) is 18.3 Å². The van der Waals surface area contributed by atoms with Gasteiger partial charge >= 0.3 is 6.36 Å². The van der Waals surface area contributed by atoms with Crippen molar-refractivity contribution in [3.8, 4) is 5.75 Å². The van der Waals surface area contributed by atoms with Crippen molar-refractivity contribution in [3.63, 3.8) is 0 Å². The fourth-order valence-electron chi connectivity index (χ4n) is 1.47. The minimum absolute atomic E-state index is 0.0721. The summed E-state index contributed by atoms with van der Waals surface area (Å²) >= 11 is 0. The largest absolute Gasteiger partial charge is 0.573 e. The van der Waals surface area contributed by atoms with Gasteiger partial charge in [-0.2, -0.15) is 0 Å². The monoisotopic (exact) mass is 260 g/mol. The minimum Gasteiger partial charge on any atom is -0.406 e. The highest BCUT2D eigenvalue weighted by Gasteiger charge is 2.31. The summed E-state index contributed by atoms with van der Waals surface area (Å²) in [6.45, 7) is 5.38. The van der Waals surface area contributed by atoms with Crippen LogP contribution in [0.5, 0.6) is 5.75 Å². The van der Waals surface area contributed by atoms with E-state index >= 15 is 0 Å². The van der Waals surface area contributed by atoms with Crippen LogP contribution in [0.3, 0.4) is 0 Å². The van der Waals surface area contributed by atoms with Crippen LogP contribution in [-0.4, -0.2) is 18.1 Å². The van der Waals surface area contributed by atoms with Crippen LogP contribution < -0.4 is 4.74 Å². The van der Waals surface area contributed by atoms with Crippen LogP contribution in [0.15, 0.2) is 36.9 Å². The molecule has 18 heavy (non-hydrogen) atoms. The van der Waals surface area contributed by atoms with E-state index in [0.717, 1.165) is 5.56 Å². The zero-order valence-electron chi connectivity index (χ0n) is 10.00. The van der Waals surface area contributed by atoms with Gasteiger partial charge in [0.05, 0.1) is 6.61 Å². The molecule has 100 valence electrons. The van der Waals surface area contributed by atoms with Gasteiger partial charge in [0.2, 0.25) is 0 Å². The van der Waals surface area contributed by atoms with Crippen LogP contribution >= 0.6 is 0 Å². The lowest BCUT2D eigenvalue weighted by Crippen LogP contribution is -2.21. The van der Waals surface area contributed by atoms with Gasteiger partial charge in [0.1, 0.15) is 5.75 Å². The summed E-state index contributed by atoms with van der Waals surface area (Å²) in [7, 11) is 0. The Balaban J connectivity index is 2.74. The van der Waals surface area contributed by atoms with E-state index in [1.807, 2.05) is 6.92 Å². The van der Waals surface area contributed by atoms with Crippen molar-refractivity contribution in [2.24, 2.45) is 5.41 Å². The average molecular weight is 260 g/mol. The summed E-state index contributed by atoms with van der Waals surface area (Å²) in [6.07, 6.45) is -2.55. The van der Waals surface area contributed by atoms with Crippen molar-refractivity contribution in [1.82, 2.24) is 0 Å². The lowest BCUT2D eigenvalue weighted by atomic mass is 9.85. The highest BCUT2D eigenvalue weighted by molar-refractivity contribution is 5.28. The molecule has 0 heterocycles. The maximum absolute atomic E-state index is 12.0. The number of aliphatic hydroxyl groups excluding tert-OH is 1. The SMILES string of the molecule is C=CC(C)(CO)Cc1ccc(OC(F)(F)F)cc1. The molecule has 0 aliphatic carbocycles. The Morgan fingerprint density at radius 1 is 1.28 bits per heavy atom. The maximum Gasteiger partial charge on any atom is 0.573 e. The fourth-order valence-corrected chi connectivity index (χ4v) is 1.47. The third-order valence-corrected chi connectivity index (χ3v) is 2.62. The first-order chi connectivity index (χ1) is 8.28. The average Bonchev–Trinajstić information content (AvgIpc) is 2.30. The van der Waals surface area contributed by atoms with Gasteiger partial charge in [0.25, 0.3) is 0 Å². The second-order valence-corrected chi connectivity index (χ2v) is 4.38. The Bertz CT molecular complexity index is 398. The van der Waals surface area contributed by atoms with E-state index < -0.39 is 11.8 Å². The van der Waals surface area contributed by atoms with Crippen LogP contribution in [0, 0.1) is 5.41 Å². The second-order valence-electron chi connectivity index (χ2n) is 4.38. The predicted molar refractivity (Wildman–Crippen MR) is 62.2 cm³/mol. The van der Waals surface area contributed by atoms with Crippen molar-refractivity contribution < 1.29 is 23.0 Å². The molecule has 5 heteroatoms. The summed E-state index contributed by atoms with van der Waals surface area (Å²) in [4.78, 5) is 0. The third kappa shape index (κ3) is 4.41. The lowest BCUT2D eigenvalue weighted by molar-refractivity contribution is -0.274. The summed E-state index contributed by atoms with van der Waals surface area (Å²) in [6, 6.07) is 5.59. The first kappa shape index (κ1) is 14.6. The molecule has 0 aromatic heterocycles. The number of alkyl halides is 3. The Hall–Kier alpha value is -1.49. The first-order valence-corrected chi connectivity index (χ1v) is 5.37. The molecule has 2 nitrogen and oxygen atoms in total. The van der Waals surface area contributed by atoms with Crippen molar-refractivity contribution in [3.05, 3.63) is 42.5 Å². The van der Waals surface area contributed by atoms with Gasteiger partial charge < -0.3 is 9.84 Å². The summed E-state index contributed by atoms with van der Waals surface area (Å²) in [5, 5.41) is 9.21. The van der Waals surface area contributed by atoms with Gasteiger partial charge in [0.15, 0.2) is 0 Å². The molecular formula is C13H15F3O2. The van der Waals surface area contributed by atoms with Crippen LogP contribution in [0.25, 0.3) is 0 Å². The Labute approximate surface area is 104 Å². The number of ether oxygens (including phenoxy) is 1. The molecule has 0 aliphatic rings. The van der Waals surface area contributed by atoms with Crippen molar-refractivity contribution >= 4 is 0 Å². The highest BCUT2D eigenvalue weighted by Crippen LogP contribution is 2.26. The van der Waals surface area contributed by atoms with Crippen molar-refractivity contribution in [2.75, 3.05) is 6.61 Å². The molecule has 1 unspecified atom stereocenters. The van der Waals surface area contributed by atoms with Gasteiger partial charge in [-0.15, -0.1) is 19.8 Å². The van der Waals surface area contributed by atoms with Gasteiger partial charge in [-0.25, -0.2) is 0 Å². The third-order valence-electron chi connectivity index (χ3n) is 2.62. The molecular weight excluding hydrogens is 245 g/mol.